The molecule has 0 amide bonds. The van der Waals surface area contributed by atoms with Gasteiger partial charge in [0.1, 0.15) is 0 Å². The van der Waals surface area contributed by atoms with Crippen LogP contribution in [0.15, 0.2) is 99.4 Å². The van der Waals surface area contributed by atoms with E-state index < -0.39 is 14.9 Å². The van der Waals surface area contributed by atoms with Crippen LogP contribution in [0.5, 0.6) is 0 Å². The Labute approximate surface area is 238 Å². The Morgan fingerprint density at radius 2 is 1.80 bits per heavy atom. The maximum absolute atomic E-state index is 13.0. The predicted octanol–water partition coefficient (Wildman–Crippen LogP) is 4.74. The highest BCUT2D eigenvalue weighted by atomic mass is 32.2. The van der Waals surface area contributed by atoms with E-state index in [9.17, 15) is 18.5 Å². The van der Waals surface area contributed by atoms with E-state index in [0.29, 0.717) is 48.0 Å². The van der Waals surface area contributed by atoms with Crippen molar-refractivity contribution >= 4 is 49.9 Å². The van der Waals surface area contributed by atoms with Gasteiger partial charge in [-0.3, -0.25) is 10.1 Å². The number of benzene rings is 3. The van der Waals surface area contributed by atoms with Gasteiger partial charge in [0, 0.05) is 58.8 Å². The van der Waals surface area contributed by atoms with Gasteiger partial charge in [0.05, 0.1) is 40.6 Å². The number of thiazole rings is 1. The fraction of sp³-hybridized carbons (Fsp3) is 0.143. The van der Waals surface area contributed by atoms with Crippen LogP contribution in [0.3, 0.4) is 0 Å². The lowest BCUT2D eigenvalue weighted by Gasteiger charge is -2.26. The lowest BCUT2D eigenvalue weighted by Crippen LogP contribution is -2.40. The second-order valence-corrected chi connectivity index (χ2v) is 12.0. The summed E-state index contributed by atoms with van der Waals surface area (Å²) >= 11 is 1.32. The van der Waals surface area contributed by atoms with Crippen molar-refractivity contribution in [3.63, 3.8) is 0 Å². The normalized spacial score (nSPS) is 15.2. The number of nitro benzene ring substituents is 1. The lowest BCUT2D eigenvalue weighted by molar-refractivity contribution is -0.384. The standard InChI is InChI=1S/C28H24N6O5S2/c35-34(36)23-5-3-4-20(16-23)27-19-40-28(33(27)30-18-21-17-29-26-7-2-1-6-25(21)26)31-22-8-10-24(11-9-22)41(37,38)32-12-14-39-15-13-32/h1-11,16-19,29H,12-15H2. The second kappa shape index (κ2) is 11.2. The number of nitro groups is 1. The number of nitrogens with one attached hydrogen (secondary N) is 1. The van der Waals surface area contributed by atoms with Gasteiger partial charge in [-0.15, -0.1) is 11.3 Å². The molecule has 5 aromatic rings. The van der Waals surface area contributed by atoms with E-state index in [4.69, 9.17) is 14.8 Å². The number of hydrogen-bond donors (Lipinski definition) is 1. The van der Waals surface area contributed by atoms with Crippen LogP contribution in [-0.4, -0.2) is 59.8 Å². The first kappa shape index (κ1) is 26.8. The number of para-hydroxylation sites is 1. The number of nitrogens with zero attached hydrogens (tertiary/aromatic N) is 5. The molecule has 11 nitrogen and oxygen atoms in total. The molecule has 0 bridgehead atoms. The first-order chi connectivity index (χ1) is 19.9. The largest absolute Gasteiger partial charge is 0.379 e. The summed E-state index contributed by atoms with van der Waals surface area (Å²) in [6.45, 7) is 1.38. The van der Waals surface area contributed by atoms with Crippen molar-refractivity contribution in [3.8, 4) is 11.3 Å². The Kier molecular flexibility index (Phi) is 7.32. The third kappa shape index (κ3) is 5.47. The zero-order chi connectivity index (χ0) is 28.4. The first-order valence-electron chi connectivity index (χ1n) is 12.7. The Bertz CT molecular complexity index is 1930. The zero-order valence-electron chi connectivity index (χ0n) is 21.6. The molecule has 1 aliphatic heterocycles. The fourth-order valence-electron chi connectivity index (χ4n) is 4.53. The number of fused-ring (bicyclic) bond motifs is 1. The van der Waals surface area contributed by atoms with E-state index in [1.807, 2.05) is 35.8 Å². The summed E-state index contributed by atoms with van der Waals surface area (Å²) in [6, 6.07) is 20.6. The van der Waals surface area contributed by atoms with E-state index in [2.05, 4.69) is 4.98 Å². The highest BCUT2D eigenvalue weighted by Crippen LogP contribution is 2.26. The van der Waals surface area contributed by atoms with Crippen molar-refractivity contribution in [2.24, 2.45) is 10.1 Å². The van der Waals surface area contributed by atoms with Gasteiger partial charge in [0.25, 0.3) is 5.69 Å². The smallest absolute Gasteiger partial charge is 0.270 e. The molecule has 0 radical (unpaired) electrons. The van der Waals surface area contributed by atoms with Crippen LogP contribution in [0.1, 0.15) is 5.56 Å². The van der Waals surface area contributed by atoms with Crippen LogP contribution in [0.2, 0.25) is 0 Å². The van der Waals surface area contributed by atoms with Crippen molar-refractivity contribution in [1.29, 1.82) is 0 Å². The van der Waals surface area contributed by atoms with Crippen LogP contribution < -0.4 is 4.80 Å². The van der Waals surface area contributed by atoms with E-state index in [0.717, 1.165) is 16.5 Å². The molecule has 3 aromatic carbocycles. The molecule has 1 fully saturated rings. The number of H-pyrrole nitrogens is 1. The Morgan fingerprint density at radius 1 is 1.02 bits per heavy atom. The maximum atomic E-state index is 13.0. The van der Waals surface area contributed by atoms with Gasteiger partial charge in [0.15, 0.2) is 0 Å². The Balaban J connectivity index is 1.40. The number of non-ortho nitro benzene ring substituents is 1. The van der Waals surface area contributed by atoms with Gasteiger partial charge in [0.2, 0.25) is 14.8 Å². The van der Waals surface area contributed by atoms with Crippen LogP contribution in [0, 0.1) is 10.1 Å². The Morgan fingerprint density at radius 3 is 2.59 bits per heavy atom. The molecule has 1 N–H and O–H groups in total. The minimum absolute atomic E-state index is 0.0311. The van der Waals surface area contributed by atoms with Crippen LogP contribution in [0.4, 0.5) is 11.4 Å². The summed E-state index contributed by atoms with van der Waals surface area (Å²) in [5, 5.41) is 19.0. The third-order valence-electron chi connectivity index (χ3n) is 6.64. The highest BCUT2D eigenvalue weighted by Gasteiger charge is 2.26. The van der Waals surface area contributed by atoms with Gasteiger partial charge >= 0.3 is 0 Å². The van der Waals surface area contributed by atoms with Gasteiger partial charge in [-0.25, -0.2) is 18.1 Å². The molecule has 0 saturated carbocycles. The molecule has 2 aromatic heterocycles. The maximum Gasteiger partial charge on any atom is 0.270 e. The van der Waals surface area contributed by atoms with Gasteiger partial charge in [-0.2, -0.15) is 9.41 Å². The average Bonchev–Trinajstić information content (AvgIpc) is 3.60. The number of aromatic nitrogens is 2. The van der Waals surface area contributed by atoms with Crippen molar-refractivity contribution in [2.75, 3.05) is 26.3 Å². The topological polar surface area (TPSA) is 135 Å². The first-order valence-corrected chi connectivity index (χ1v) is 15.0. The zero-order valence-corrected chi connectivity index (χ0v) is 23.2. The molecular formula is C28H24N6O5S2. The van der Waals surface area contributed by atoms with Crippen molar-refractivity contribution in [3.05, 3.63) is 105 Å². The van der Waals surface area contributed by atoms with Crippen molar-refractivity contribution in [2.45, 2.75) is 4.90 Å². The fourth-order valence-corrected chi connectivity index (χ4v) is 6.79. The summed E-state index contributed by atoms with van der Waals surface area (Å²) in [4.78, 5) is 19.6. The van der Waals surface area contributed by atoms with Gasteiger partial charge in [-0.05, 0) is 30.3 Å². The minimum atomic E-state index is -3.63. The summed E-state index contributed by atoms with van der Waals surface area (Å²) in [5.74, 6) is 0. The van der Waals surface area contributed by atoms with Crippen molar-refractivity contribution < 1.29 is 18.1 Å². The molecule has 208 valence electrons. The predicted molar refractivity (Wildman–Crippen MR) is 157 cm³/mol. The lowest BCUT2D eigenvalue weighted by atomic mass is 10.1. The molecule has 41 heavy (non-hydrogen) atoms. The summed E-state index contributed by atoms with van der Waals surface area (Å²) < 4.78 is 34.3. The number of sulfonamides is 1. The molecular weight excluding hydrogens is 564 g/mol. The molecule has 13 heteroatoms. The number of aromatic amines is 1. The monoisotopic (exact) mass is 588 g/mol. The highest BCUT2D eigenvalue weighted by molar-refractivity contribution is 7.89. The van der Waals surface area contributed by atoms with Crippen molar-refractivity contribution in [1.82, 2.24) is 14.0 Å². The number of rotatable bonds is 7. The van der Waals surface area contributed by atoms with Crippen LogP contribution in [-0.2, 0) is 14.8 Å². The SMILES string of the molecule is O=[N+]([O-])c1cccc(-c2csc(=Nc3ccc(S(=O)(=O)N4CCOCC4)cc3)n2N=Cc2c[nH]c3ccccc23)c1. The number of hydrogen-bond acceptors (Lipinski definition) is 8. The number of ether oxygens (including phenoxy) is 1. The Hall–Kier alpha value is -4.43. The quantitative estimate of drug-likeness (QED) is 0.166. The van der Waals surface area contributed by atoms with E-state index in [1.165, 1.54) is 39.9 Å². The molecule has 0 aliphatic carbocycles. The molecule has 0 unspecified atom stereocenters. The summed E-state index contributed by atoms with van der Waals surface area (Å²) in [6.07, 6.45) is 3.57. The number of morpholine rings is 1. The summed E-state index contributed by atoms with van der Waals surface area (Å²) in [7, 11) is -3.63. The van der Waals surface area contributed by atoms with E-state index in [-0.39, 0.29) is 10.6 Å². The molecule has 1 saturated heterocycles. The minimum Gasteiger partial charge on any atom is -0.379 e. The van der Waals surface area contributed by atoms with Crippen LogP contribution in [0.25, 0.3) is 22.2 Å². The van der Waals surface area contributed by atoms with Crippen LogP contribution >= 0.6 is 11.3 Å². The second-order valence-electron chi connectivity index (χ2n) is 9.18. The summed E-state index contributed by atoms with van der Waals surface area (Å²) in [5.41, 5.74) is 3.58. The van der Waals surface area contributed by atoms with E-state index >= 15 is 0 Å². The third-order valence-corrected chi connectivity index (χ3v) is 9.37. The molecule has 0 atom stereocenters. The molecule has 1 aliphatic rings. The van der Waals surface area contributed by atoms with E-state index in [1.54, 1.807) is 35.2 Å². The molecule has 3 heterocycles. The van der Waals surface area contributed by atoms with Gasteiger partial charge < -0.3 is 9.72 Å². The molecule has 6 rings (SSSR count). The average molecular weight is 589 g/mol. The molecule has 0 spiro atoms. The van der Waals surface area contributed by atoms with Gasteiger partial charge in [-0.1, -0.05) is 30.3 Å².